The second-order valence-electron chi connectivity index (χ2n) is 10.3. The number of aliphatic hydroxyl groups is 1. The first-order valence-corrected chi connectivity index (χ1v) is 15.1. The van der Waals surface area contributed by atoms with Gasteiger partial charge >= 0.3 is 0 Å². The van der Waals surface area contributed by atoms with E-state index >= 15 is 0 Å². The number of aliphatic hydroxyl groups excluding tert-OH is 1. The number of rotatable bonds is 9. The molecule has 0 fully saturated rings. The van der Waals surface area contributed by atoms with Crippen LogP contribution in [0.2, 0.25) is 0 Å². The van der Waals surface area contributed by atoms with Gasteiger partial charge in [0.1, 0.15) is 29.5 Å². The third kappa shape index (κ3) is 6.64. The maximum absolute atomic E-state index is 14.3. The molecule has 0 aliphatic carbocycles. The van der Waals surface area contributed by atoms with Gasteiger partial charge in [-0.15, -0.1) is 0 Å². The Balaban J connectivity index is 1.56. The smallest absolute Gasteiger partial charge is 0.236 e. The van der Waals surface area contributed by atoms with E-state index in [1.54, 1.807) is 12.1 Å². The second kappa shape index (κ2) is 12.2. The van der Waals surface area contributed by atoms with Crippen LogP contribution in [0.25, 0.3) is 22.0 Å². The standard InChI is InChI=1S/C31H26F4N4O4S/c1-44(42,43)39-16-19(24-15-20(32)5-7-28(24)39)13-29(40)38-27(11-17-9-21(33)14-22(34)10-17)30-23(3-2-8-37-30)18-4-6-26(35)25(12-18)31(36)41/h2-10,12,14-16,27,31,41H,11,13,36H2,1H3,(H,38,40). The first-order chi connectivity index (χ1) is 20.8. The highest BCUT2D eigenvalue weighted by Crippen LogP contribution is 2.32. The van der Waals surface area contributed by atoms with E-state index in [-0.39, 0.29) is 46.1 Å². The zero-order valence-corrected chi connectivity index (χ0v) is 24.0. The predicted molar refractivity (Wildman–Crippen MR) is 156 cm³/mol. The zero-order chi connectivity index (χ0) is 31.8. The first kappa shape index (κ1) is 30.9. The normalized spacial score (nSPS) is 13.2. The summed E-state index contributed by atoms with van der Waals surface area (Å²) >= 11 is 0. The summed E-state index contributed by atoms with van der Waals surface area (Å²) in [5.41, 5.74) is 6.99. The van der Waals surface area contributed by atoms with Gasteiger partial charge in [-0.25, -0.2) is 30.0 Å². The fourth-order valence-electron chi connectivity index (χ4n) is 5.13. The van der Waals surface area contributed by atoms with E-state index in [1.807, 2.05) is 0 Å². The van der Waals surface area contributed by atoms with Crippen LogP contribution in [0.4, 0.5) is 17.6 Å². The quantitative estimate of drug-likeness (QED) is 0.161. The molecule has 0 radical (unpaired) electrons. The minimum Gasteiger partial charge on any atom is -0.374 e. The molecule has 44 heavy (non-hydrogen) atoms. The molecule has 8 nitrogen and oxygen atoms in total. The van der Waals surface area contributed by atoms with Gasteiger partial charge in [0.15, 0.2) is 0 Å². The Kier molecular flexibility index (Phi) is 8.55. The van der Waals surface area contributed by atoms with E-state index < -0.39 is 51.5 Å². The van der Waals surface area contributed by atoms with Gasteiger partial charge in [-0.2, -0.15) is 0 Å². The topological polar surface area (TPSA) is 127 Å². The van der Waals surface area contributed by atoms with Crippen LogP contribution in [-0.4, -0.2) is 34.6 Å². The fourth-order valence-corrected chi connectivity index (χ4v) is 5.96. The molecule has 4 N–H and O–H groups in total. The molecule has 228 valence electrons. The van der Waals surface area contributed by atoms with E-state index in [0.29, 0.717) is 17.2 Å². The molecule has 0 saturated carbocycles. The van der Waals surface area contributed by atoms with Crippen LogP contribution in [0.3, 0.4) is 0 Å². The number of aromatic nitrogens is 2. The molecule has 0 spiro atoms. The number of hydrogen-bond acceptors (Lipinski definition) is 6. The summed E-state index contributed by atoms with van der Waals surface area (Å²) in [6.45, 7) is 0. The highest BCUT2D eigenvalue weighted by atomic mass is 32.2. The van der Waals surface area contributed by atoms with Crippen LogP contribution >= 0.6 is 0 Å². The highest BCUT2D eigenvalue weighted by Gasteiger charge is 2.24. The maximum Gasteiger partial charge on any atom is 0.236 e. The van der Waals surface area contributed by atoms with Crippen LogP contribution in [0.5, 0.6) is 0 Å². The molecule has 2 aromatic heterocycles. The van der Waals surface area contributed by atoms with Gasteiger partial charge in [-0.1, -0.05) is 12.1 Å². The summed E-state index contributed by atoms with van der Waals surface area (Å²) in [6.07, 6.45) is 1.53. The Morgan fingerprint density at radius 1 is 1.00 bits per heavy atom. The van der Waals surface area contributed by atoms with Crippen molar-refractivity contribution in [2.24, 2.45) is 5.73 Å². The van der Waals surface area contributed by atoms with Gasteiger partial charge in [-0.05, 0) is 71.6 Å². The van der Waals surface area contributed by atoms with E-state index in [4.69, 9.17) is 5.73 Å². The van der Waals surface area contributed by atoms with Crippen molar-refractivity contribution in [3.8, 4) is 11.1 Å². The molecule has 0 aliphatic rings. The van der Waals surface area contributed by atoms with Gasteiger partial charge in [-0.3, -0.25) is 9.78 Å². The largest absolute Gasteiger partial charge is 0.374 e. The van der Waals surface area contributed by atoms with Crippen molar-refractivity contribution < 1.29 is 35.9 Å². The van der Waals surface area contributed by atoms with Crippen molar-refractivity contribution in [1.82, 2.24) is 14.3 Å². The van der Waals surface area contributed by atoms with Gasteiger partial charge in [0.05, 0.1) is 29.9 Å². The van der Waals surface area contributed by atoms with E-state index in [0.717, 1.165) is 40.6 Å². The molecule has 13 heteroatoms. The van der Waals surface area contributed by atoms with Crippen molar-refractivity contribution in [2.45, 2.75) is 25.1 Å². The Labute approximate surface area is 249 Å². The van der Waals surface area contributed by atoms with Crippen molar-refractivity contribution in [1.29, 1.82) is 0 Å². The number of carbonyl (C=O) groups excluding carboxylic acids is 1. The lowest BCUT2D eigenvalue weighted by molar-refractivity contribution is -0.121. The second-order valence-corrected chi connectivity index (χ2v) is 12.1. The van der Waals surface area contributed by atoms with Crippen molar-refractivity contribution in [3.63, 3.8) is 0 Å². The van der Waals surface area contributed by atoms with E-state index in [1.165, 1.54) is 30.6 Å². The predicted octanol–water partition coefficient (Wildman–Crippen LogP) is 4.66. The minimum atomic E-state index is -3.79. The summed E-state index contributed by atoms with van der Waals surface area (Å²) in [5.74, 6) is -3.66. The molecular formula is C31H26F4N4O4S. The molecule has 0 aliphatic heterocycles. The number of nitrogens with one attached hydrogen (secondary N) is 1. The number of amides is 1. The molecule has 5 aromatic rings. The van der Waals surface area contributed by atoms with Gasteiger partial charge in [0.25, 0.3) is 0 Å². The molecule has 2 atom stereocenters. The third-order valence-corrected chi connectivity index (χ3v) is 8.03. The Morgan fingerprint density at radius 3 is 2.41 bits per heavy atom. The molecule has 2 unspecified atom stereocenters. The SMILES string of the molecule is CS(=O)(=O)n1cc(CC(=O)NC(Cc2cc(F)cc(F)c2)c2ncccc2-c2ccc(F)c(C(N)O)c2)c2cc(F)ccc21. The number of carbonyl (C=O) groups is 1. The average molecular weight is 627 g/mol. The molecule has 2 heterocycles. The molecule has 1 amide bonds. The van der Waals surface area contributed by atoms with Crippen molar-refractivity contribution in [2.75, 3.05) is 6.26 Å². The van der Waals surface area contributed by atoms with Crippen LogP contribution in [0.1, 0.15) is 34.7 Å². The maximum atomic E-state index is 14.3. The number of fused-ring (bicyclic) bond motifs is 1. The summed E-state index contributed by atoms with van der Waals surface area (Å²) in [4.78, 5) is 17.9. The van der Waals surface area contributed by atoms with E-state index in [9.17, 15) is 35.9 Å². The Bertz CT molecular complexity index is 1980. The Hall–Kier alpha value is -4.59. The van der Waals surface area contributed by atoms with Crippen LogP contribution in [0, 0.1) is 23.3 Å². The Morgan fingerprint density at radius 2 is 1.73 bits per heavy atom. The van der Waals surface area contributed by atoms with E-state index in [2.05, 4.69) is 10.3 Å². The minimum absolute atomic E-state index is 0.127. The van der Waals surface area contributed by atoms with Gasteiger partial charge in [0, 0.05) is 35.0 Å². The third-order valence-electron chi connectivity index (χ3n) is 7.02. The van der Waals surface area contributed by atoms with Crippen molar-refractivity contribution in [3.05, 3.63) is 125 Å². The summed E-state index contributed by atoms with van der Waals surface area (Å²) in [6, 6.07) is 12.5. The summed E-state index contributed by atoms with van der Waals surface area (Å²) in [5, 5.41) is 12.9. The molecule has 5 rings (SSSR count). The zero-order valence-electron chi connectivity index (χ0n) is 23.1. The number of nitrogens with zero attached hydrogens (tertiary/aromatic N) is 2. The fraction of sp³-hybridized carbons (Fsp3) is 0.161. The lowest BCUT2D eigenvalue weighted by Crippen LogP contribution is -2.32. The molecule has 0 bridgehead atoms. The number of benzene rings is 3. The van der Waals surface area contributed by atoms with Gasteiger partial charge < -0.3 is 16.2 Å². The van der Waals surface area contributed by atoms with Gasteiger partial charge in [0.2, 0.25) is 15.9 Å². The number of halogens is 4. The first-order valence-electron chi connectivity index (χ1n) is 13.2. The van der Waals surface area contributed by atoms with Crippen LogP contribution < -0.4 is 11.1 Å². The van der Waals surface area contributed by atoms with Crippen LogP contribution in [0.15, 0.2) is 79.1 Å². The number of nitrogens with two attached hydrogens (primary N) is 1. The van der Waals surface area contributed by atoms with Crippen molar-refractivity contribution >= 4 is 26.8 Å². The molecule has 3 aromatic carbocycles. The highest BCUT2D eigenvalue weighted by molar-refractivity contribution is 7.89. The molecule has 0 saturated heterocycles. The summed E-state index contributed by atoms with van der Waals surface area (Å²) in [7, 11) is -3.79. The summed E-state index contributed by atoms with van der Waals surface area (Å²) < 4.78 is 82.3. The average Bonchev–Trinajstić information content (AvgIpc) is 3.30. The monoisotopic (exact) mass is 626 g/mol. The number of pyridine rings is 1. The number of hydrogen-bond donors (Lipinski definition) is 3. The lowest BCUT2D eigenvalue weighted by atomic mass is 9.94. The lowest BCUT2D eigenvalue weighted by Gasteiger charge is -2.22. The molecular weight excluding hydrogens is 600 g/mol. The van der Waals surface area contributed by atoms with Crippen LogP contribution in [-0.2, 0) is 27.7 Å².